The number of alkyl halides is 1. The minimum Gasteiger partial charge on any atom is -0.507 e. The topological polar surface area (TPSA) is 96.3 Å². The Kier molecular flexibility index (Phi) is 4.78. The van der Waals surface area contributed by atoms with Crippen molar-refractivity contribution >= 4 is 5.95 Å². The largest absolute Gasteiger partial charge is 0.507 e. The zero-order valence-electron chi connectivity index (χ0n) is 23.6. The number of hydrogen-bond donors (Lipinski definition) is 2. The molecule has 2 N–H and O–H groups in total. The second-order valence-corrected chi connectivity index (χ2v) is 10.9. The molecule has 0 amide bonds. The first-order valence-corrected chi connectivity index (χ1v) is 12.4. The minimum atomic E-state index is -2.79. The molecule has 2 aromatic heterocycles. The van der Waals surface area contributed by atoms with Crippen molar-refractivity contribution in [1.82, 2.24) is 25.5 Å². The van der Waals surface area contributed by atoms with Crippen molar-refractivity contribution in [3.63, 3.8) is 0 Å². The number of phenolic OH excluding ortho intramolecular Hbond substituents is 1. The average molecular weight is 512 g/mol. The second-order valence-electron chi connectivity index (χ2n) is 10.9. The Morgan fingerprint density at radius 2 is 2.00 bits per heavy atom. The molecule has 3 aliphatic rings. The number of halogens is 2. The van der Waals surface area contributed by atoms with E-state index in [1.54, 1.807) is 12.1 Å². The maximum absolute atomic E-state index is 15.8. The number of rotatable bonds is 6. The van der Waals surface area contributed by atoms with Crippen molar-refractivity contribution in [3.8, 4) is 34.0 Å². The van der Waals surface area contributed by atoms with Gasteiger partial charge in [0, 0.05) is 34.8 Å². The maximum Gasteiger partial charge on any atom is 0.245 e. The molecule has 2 aliphatic heterocycles. The van der Waals surface area contributed by atoms with Crippen LogP contribution in [0.1, 0.15) is 50.1 Å². The molecular weight excluding hydrogens is 478 g/mol. The van der Waals surface area contributed by atoms with Crippen LogP contribution in [-0.4, -0.2) is 61.6 Å². The molecule has 3 fully saturated rings. The van der Waals surface area contributed by atoms with Gasteiger partial charge >= 0.3 is 0 Å². The molecule has 1 aliphatic carbocycles. The van der Waals surface area contributed by atoms with Gasteiger partial charge in [-0.3, -0.25) is 0 Å². The van der Waals surface area contributed by atoms with Gasteiger partial charge in [0.2, 0.25) is 17.8 Å². The lowest BCUT2D eigenvalue weighted by Crippen LogP contribution is -2.66. The highest BCUT2D eigenvalue weighted by atomic mass is 19.1. The lowest BCUT2D eigenvalue weighted by Gasteiger charge is -2.48. The van der Waals surface area contributed by atoms with Gasteiger partial charge in [-0.1, -0.05) is 6.07 Å². The number of fused-ring (bicyclic) bond motifs is 2. The average Bonchev–Trinajstić information content (AvgIpc) is 3.66. The van der Waals surface area contributed by atoms with Gasteiger partial charge in [-0.15, -0.1) is 10.2 Å². The molecule has 4 atom stereocenters. The lowest BCUT2D eigenvalue weighted by atomic mass is 9.82. The molecule has 0 unspecified atom stereocenters. The van der Waals surface area contributed by atoms with E-state index in [9.17, 15) is 9.50 Å². The molecule has 2 saturated heterocycles. The van der Waals surface area contributed by atoms with Crippen molar-refractivity contribution in [2.75, 3.05) is 11.9 Å². The smallest absolute Gasteiger partial charge is 0.245 e. The number of aromatic hydroxyl groups is 1. The van der Waals surface area contributed by atoms with E-state index in [-0.39, 0.29) is 28.9 Å². The number of nitrogens with zero attached hydrogens (tertiary/aromatic N) is 5. The number of nitrogens with one attached hydrogen (secondary N) is 1. The summed E-state index contributed by atoms with van der Waals surface area (Å²) in [6.45, 7) is 4.11. The van der Waals surface area contributed by atoms with Crippen LogP contribution in [-0.2, 0) is 0 Å². The lowest BCUT2D eigenvalue weighted by molar-refractivity contribution is 0.0828. The molecule has 194 valence electrons. The number of hydrogen-bond acceptors (Lipinski definition) is 8. The van der Waals surface area contributed by atoms with Crippen LogP contribution >= 0.6 is 0 Å². The van der Waals surface area contributed by atoms with E-state index in [4.69, 9.17) is 8.85 Å². The summed E-state index contributed by atoms with van der Waals surface area (Å²) in [7, 11) is -2.79. The van der Waals surface area contributed by atoms with E-state index >= 15 is 4.39 Å². The van der Waals surface area contributed by atoms with E-state index in [2.05, 4.69) is 32.4 Å². The fraction of sp³-hybridized carbons (Fsp3) is 0.481. The van der Waals surface area contributed by atoms with Crippen molar-refractivity contribution in [1.29, 1.82) is 0 Å². The molecule has 0 radical (unpaired) electrons. The summed E-state index contributed by atoms with van der Waals surface area (Å²) in [6, 6.07) is 6.80. The predicted molar refractivity (Wildman–Crippen MR) is 135 cm³/mol. The normalized spacial score (nSPS) is 30.3. The zero-order chi connectivity index (χ0) is 28.4. The monoisotopic (exact) mass is 511 g/mol. The Bertz CT molecular complexity index is 1440. The Morgan fingerprint density at radius 1 is 1.16 bits per heavy atom. The van der Waals surface area contributed by atoms with Crippen LogP contribution in [0.15, 0.2) is 36.5 Å². The summed E-state index contributed by atoms with van der Waals surface area (Å²) in [5.74, 6) is -1.11. The summed E-state index contributed by atoms with van der Waals surface area (Å²) in [6.07, 6.45) is 4.69. The zero-order valence-corrected chi connectivity index (χ0v) is 20.6. The first kappa shape index (κ1) is 20.6. The van der Waals surface area contributed by atoms with Crippen LogP contribution in [0.3, 0.4) is 0 Å². The molecule has 8 nitrogen and oxygen atoms in total. The second kappa shape index (κ2) is 8.58. The highest BCUT2D eigenvalue weighted by molar-refractivity contribution is 5.74. The fourth-order valence-electron chi connectivity index (χ4n) is 6.00. The van der Waals surface area contributed by atoms with Crippen LogP contribution in [0.5, 0.6) is 11.6 Å². The molecule has 0 spiro atoms. The fourth-order valence-corrected chi connectivity index (χ4v) is 6.00. The Balaban J connectivity index is 1.26. The SMILES string of the molecule is [2H]C([2H])([2H])Oc1cc(-c2ccc(-c3cnc(N(C4CC4)[C@@H]4C[C@@]5(C)CC[C@](C)(N5)[C@@H]4F)nn3)c(O)c2)cc(F)n1. The van der Waals surface area contributed by atoms with Gasteiger partial charge in [-0.2, -0.15) is 9.37 Å². The van der Waals surface area contributed by atoms with Gasteiger partial charge in [-0.05, 0) is 69.2 Å². The number of methoxy groups -OCH3 is 1. The maximum atomic E-state index is 15.8. The van der Waals surface area contributed by atoms with Crippen molar-refractivity contribution < 1.29 is 22.7 Å². The van der Waals surface area contributed by atoms with Crippen molar-refractivity contribution in [2.45, 2.75) is 75.3 Å². The number of anilines is 1. The summed E-state index contributed by atoms with van der Waals surface area (Å²) in [5, 5.41) is 23.0. The molecule has 37 heavy (non-hydrogen) atoms. The molecule has 1 aromatic carbocycles. The van der Waals surface area contributed by atoms with Gasteiger partial charge < -0.3 is 20.1 Å². The highest BCUT2D eigenvalue weighted by Gasteiger charge is 2.58. The number of benzene rings is 1. The van der Waals surface area contributed by atoms with Gasteiger partial charge in [0.05, 0.1) is 23.4 Å². The standard InChI is InChI=1S/C27H30F2N6O2/c1-26-8-9-27(2,34-26)24(29)20(13-26)35(17-5-6-17)25-30-14-19(32-33-25)18-7-4-15(10-21(18)36)16-11-22(28)31-23(12-16)37-3/h4,7,10-12,14,17,20,24,34,36H,5-6,8-9,13H2,1-3H3/t20-,24-,26-,27+/m1/s1/i3D3. The summed E-state index contributed by atoms with van der Waals surface area (Å²) < 4.78 is 56.3. The molecule has 3 aromatic rings. The van der Waals surface area contributed by atoms with E-state index in [1.807, 2.05) is 11.8 Å². The van der Waals surface area contributed by atoms with Gasteiger partial charge in [0.15, 0.2) is 0 Å². The Hall–Kier alpha value is -3.40. The van der Waals surface area contributed by atoms with E-state index in [1.165, 1.54) is 18.3 Å². The van der Waals surface area contributed by atoms with Crippen LogP contribution in [0.4, 0.5) is 14.7 Å². The number of ether oxygens (including phenoxy) is 1. The number of phenols is 1. The third-order valence-electron chi connectivity index (χ3n) is 7.95. The van der Waals surface area contributed by atoms with Crippen LogP contribution in [0.25, 0.3) is 22.4 Å². The molecule has 10 heteroatoms. The van der Waals surface area contributed by atoms with E-state index in [0.717, 1.165) is 31.7 Å². The first-order chi connectivity index (χ1) is 18.8. The number of pyridine rings is 1. The van der Waals surface area contributed by atoms with Gasteiger partial charge in [-0.25, -0.2) is 9.37 Å². The number of piperidine rings is 1. The quantitative estimate of drug-likeness (QED) is 0.469. The molecule has 1 saturated carbocycles. The van der Waals surface area contributed by atoms with Crippen LogP contribution in [0, 0.1) is 5.95 Å². The van der Waals surface area contributed by atoms with Crippen LogP contribution in [0.2, 0.25) is 0 Å². The van der Waals surface area contributed by atoms with Gasteiger partial charge in [0.25, 0.3) is 0 Å². The number of aromatic nitrogens is 4. The van der Waals surface area contributed by atoms with E-state index < -0.39 is 30.6 Å². The van der Waals surface area contributed by atoms with E-state index in [0.29, 0.717) is 29.2 Å². The summed E-state index contributed by atoms with van der Waals surface area (Å²) in [5.41, 5.74) is 0.637. The third-order valence-corrected chi connectivity index (χ3v) is 7.95. The Morgan fingerprint density at radius 3 is 2.70 bits per heavy atom. The van der Waals surface area contributed by atoms with Gasteiger partial charge in [0.1, 0.15) is 17.6 Å². The molecule has 4 heterocycles. The molecular formula is C27H30F2N6O2. The third kappa shape index (κ3) is 4.27. The first-order valence-electron chi connectivity index (χ1n) is 13.9. The predicted octanol–water partition coefficient (Wildman–Crippen LogP) is 4.43. The summed E-state index contributed by atoms with van der Waals surface area (Å²) in [4.78, 5) is 10.0. The molecule has 6 rings (SSSR count). The Labute approximate surface area is 218 Å². The minimum absolute atomic E-state index is 0.132. The summed E-state index contributed by atoms with van der Waals surface area (Å²) >= 11 is 0. The molecule has 2 bridgehead atoms. The van der Waals surface area contributed by atoms with Crippen LogP contribution < -0.4 is 15.0 Å². The van der Waals surface area contributed by atoms with Crippen molar-refractivity contribution in [2.24, 2.45) is 0 Å². The highest BCUT2D eigenvalue weighted by Crippen LogP contribution is 2.47. The van der Waals surface area contributed by atoms with Crippen molar-refractivity contribution in [3.05, 3.63) is 42.5 Å².